The number of hydrogen-bond donors (Lipinski definition) is 0. The normalized spacial score (nSPS) is 14.3. The highest BCUT2D eigenvalue weighted by Gasteiger charge is 2.35. The first-order chi connectivity index (χ1) is 23.1. The number of hydrogen-bond acceptors (Lipinski definition) is 8. The summed E-state index contributed by atoms with van der Waals surface area (Å²) < 4.78 is 28.8. The lowest BCUT2D eigenvalue weighted by molar-refractivity contribution is -0.384. The third-order valence-corrected chi connectivity index (χ3v) is 9.44. The number of carbonyl (C=O) groups excluding carboxylic acids is 1. The van der Waals surface area contributed by atoms with E-state index in [1.807, 2.05) is 30.3 Å². The SMILES string of the molecule is CCOC(=O)C1=C(c2ccccc2)N=c2s/c(=C\c3cc(Br)cc(Br)c3OCc3ccc([N+](=O)[O-])cc3)c(=O)n2[C@H]1c1ccc(F)cc1. The summed E-state index contributed by atoms with van der Waals surface area (Å²) in [6.07, 6.45) is 1.68. The van der Waals surface area contributed by atoms with E-state index in [0.717, 1.165) is 15.8 Å². The van der Waals surface area contributed by atoms with Gasteiger partial charge < -0.3 is 9.47 Å². The van der Waals surface area contributed by atoms with Gasteiger partial charge in [-0.15, -0.1) is 0 Å². The molecule has 0 amide bonds. The van der Waals surface area contributed by atoms with E-state index in [2.05, 4.69) is 31.9 Å². The highest BCUT2D eigenvalue weighted by atomic mass is 79.9. The van der Waals surface area contributed by atoms with Crippen molar-refractivity contribution in [1.82, 2.24) is 4.57 Å². The van der Waals surface area contributed by atoms with Crippen molar-refractivity contribution in [3.05, 3.63) is 163 Å². The van der Waals surface area contributed by atoms with E-state index in [4.69, 9.17) is 14.5 Å². The van der Waals surface area contributed by atoms with Crippen LogP contribution in [0.1, 0.15) is 35.2 Å². The first-order valence-electron chi connectivity index (χ1n) is 14.5. The molecule has 2 heterocycles. The van der Waals surface area contributed by atoms with Crippen molar-refractivity contribution in [1.29, 1.82) is 0 Å². The number of non-ortho nitro benzene ring substituents is 1. The van der Waals surface area contributed by atoms with Crippen LogP contribution >= 0.6 is 43.2 Å². The van der Waals surface area contributed by atoms with Crippen molar-refractivity contribution >= 4 is 66.6 Å². The predicted octanol–water partition coefficient (Wildman–Crippen LogP) is 7.09. The van der Waals surface area contributed by atoms with Crippen molar-refractivity contribution in [2.75, 3.05) is 6.61 Å². The molecule has 0 N–H and O–H groups in total. The van der Waals surface area contributed by atoms with Crippen molar-refractivity contribution in [2.45, 2.75) is 19.6 Å². The number of carbonyl (C=O) groups is 1. The van der Waals surface area contributed by atoms with Crippen LogP contribution in [0.4, 0.5) is 10.1 Å². The van der Waals surface area contributed by atoms with Crippen LogP contribution in [0.15, 0.2) is 115 Å². The number of esters is 1. The van der Waals surface area contributed by atoms with Gasteiger partial charge in [-0.2, -0.15) is 0 Å². The minimum absolute atomic E-state index is 0.0277. The fourth-order valence-electron chi connectivity index (χ4n) is 5.25. The predicted molar refractivity (Wildman–Crippen MR) is 187 cm³/mol. The highest BCUT2D eigenvalue weighted by Crippen LogP contribution is 2.36. The molecule has 1 aromatic heterocycles. The van der Waals surface area contributed by atoms with Gasteiger partial charge in [0.15, 0.2) is 4.80 Å². The molecule has 13 heteroatoms. The van der Waals surface area contributed by atoms with Crippen molar-refractivity contribution in [3.8, 4) is 5.75 Å². The number of thiazole rings is 1. The van der Waals surface area contributed by atoms with Crippen LogP contribution < -0.4 is 19.6 Å². The molecule has 0 spiro atoms. The second kappa shape index (κ2) is 14.2. The lowest BCUT2D eigenvalue weighted by Crippen LogP contribution is -2.40. The Morgan fingerprint density at radius 1 is 1.06 bits per heavy atom. The van der Waals surface area contributed by atoms with E-state index >= 15 is 0 Å². The topological polar surface area (TPSA) is 113 Å². The first-order valence-corrected chi connectivity index (χ1v) is 16.9. The number of benzene rings is 4. The van der Waals surface area contributed by atoms with Crippen LogP contribution in [-0.4, -0.2) is 22.1 Å². The Labute approximate surface area is 293 Å². The zero-order valence-electron chi connectivity index (χ0n) is 25.1. The molecule has 0 saturated heterocycles. The maximum Gasteiger partial charge on any atom is 0.338 e. The van der Waals surface area contributed by atoms with Gasteiger partial charge in [0.25, 0.3) is 11.2 Å². The Bertz CT molecular complexity index is 2250. The van der Waals surface area contributed by atoms with Crippen LogP contribution in [0.5, 0.6) is 5.75 Å². The summed E-state index contributed by atoms with van der Waals surface area (Å²) in [5, 5.41) is 11.1. The Kier molecular flexibility index (Phi) is 9.81. The number of halogens is 3. The van der Waals surface area contributed by atoms with Gasteiger partial charge in [-0.25, -0.2) is 14.2 Å². The Balaban J connectivity index is 1.52. The molecule has 0 saturated carbocycles. The van der Waals surface area contributed by atoms with E-state index in [1.54, 1.807) is 49.4 Å². The summed E-state index contributed by atoms with van der Waals surface area (Å²) in [6, 6.07) is 23.5. The minimum Gasteiger partial charge on any atom is -0.487 e. The van der Waals surface area contributed by atoms with Gasteiger partial charge in [-0.05, 0) is 76.5 Å². The van der Waals surface area contributed by atoms with E-state index < -0.39 is 28.3 Å². The van der Waals surface area contributed by atoms with Gasteiger partial charge in [0.1, 0.15) is 18.2 Å². The quantitative estimate of drug-likeness (QED) is 0.0896. The smallest absolute Gasteiger partial charge is 0.338 e. The number of ether oxygens (including phenoxy) is 2. The number of aromatic nitrogens is 1. The fourth-order valence-corrected chi connectivity index (χ4v) is 7.62. The van der Waals surface area contributed by atoms with E-state index in [0.29, 0.717) is 47.5 Å². The third kappa shape index (κ3) is 6.80. The van der Waals surface area contributed by atoms with E-state index in [-0.39, 0.29) is 24.5 Å². The zero-order valence-corrected chi connectivity index (χ0v) is 29.1. The van der Waals surface area contributed by atoms with Crippen LogP contribution in [0.2, 0.25) is 0 Å². The average molecular weight is 793 g/mol. The molecule has 0 fully saturated rings. The van der Waals surface area contributed by atoms with Crippen molar-refractivity contribution < 1.29 is 23.6 Å². The molecule has 4 aromatic carbocycles. The van der Waals surface area contributed by atoms with Gasteiger partial charge in [0.2, 0.25) is 0 Å². The fraction of sp³-hybridized carbons (Fsp3) is 0.114. The van der Waals surface area contributed by atoms with Crippen molar-refractivity contribution in [2.24, 2.45) is 4.99 Å². The number of fused-ring (bicyclic) bond motifs is 1. The molecule has 0 unspecified atom stereocenters. The maximum atomic E-state index is 14.3. The number of nitro groups is 1. The third-order valence-electron chi connectivity index (χ3n) is 7.41. The molecular weight excluding hydrogens is 769 g/mol. The van der Waals surface area contributed by atoms with Gasteiger partial charge in [0, 0.05) is 27.7 Å². The summed E-state index contributed by atoms with van der Waals surface area (Å²) in [6.45, 7) is 1.90. The average Bonchev–Trinajstić information content (AvgIpc) is 3.38. The minimum atomic E-state index is -0.953. The Morgan fingerprint density at radius 3 is 2.44 bits per heavy atom. The largest absolute Gasteiger partial charge is 0.487 e. The molecule has 0 radical (unpaired) electrons. The Hall–Kier alpha value is -4.72. The highest BCUT2D eigenvalue weighted by molar-refractivity contribution is 9.11. The molecule has 0 bridgehead atoms. The van der Waals surface area contributed by atoms with Gasteiger partial charge >= 0.3 is 5.97 Å². The molecule has 5 aromatic rings. The second-order valence-corrected chi connectivity index (χ2v) is 13.3. The lowest BCUT2D eigenvalue weighted by Gasteiger charge is -2.25. The van der Waals surface area contributed by atoms with Crippen LogP contribution in [0.3, 0.4) is 0 Å². The van der Waals surface area contributed by atoms with Crippen LogP contribution in [-0.2, 0) is 16.1 Å². The maximum absolute atomic E-state index is 14.3. The van der Waals surface area contributed by atoms with Crippen molar-refractivity contribution in [3.63, 3.8) is 0 Å². The second-order valence-electron chi connectivity index (χ2n) is 10.5. The molecule has 6 rings (SSSR count). The standard InChI is InChI=1S/C35H24Br2FN3O6S/c1-2-46-34(43)29-30(21-6-4-3-5-7-21)39-35-40(31(29)22-10-12-25(38)13-11-22)33(42)28(48-35)17-23-16-24(36)18-27(37)32(23)47-19-20-8-14-26(15-9-20)41(44)45/h3-18,31H,2,19H2,1H3/b28-17-/t31-/m0/s1. The summed E-state index contributed by atoms with van der Waals surface area (Å²) in [7, 11) is 0. The Morgan fingerprint density at radius 2 is 1.77 bits per heavy atom. The van der Waals surface area contributed by atoms with E-state index in [9.17, 15) is 24.1 Å². The summed E-state index contributed by atoms with van der Waals surface area (Å²) in [5.41, 5.74) is 2.50. The summed E-state index contributed by atoms with van der Waals surface area (Å²) in [5.74, 6) is -0.659. The molecular formula is C35H24Br2FN3O6S. The molecule has 0 aliphatic carbocycles. The van der Waals surface area contributed by atoms with Crippen LogP contribution in [0, 0.1) is 15.9 Å². The number of rotatable bonds is 9. The number of nitrogens with zero attached hydrogens (tertiary/aromatic N) is 3. The molecule has 9 nitrogen and oxygen atoms in total. The van der Waals surface area contributed by atoms with Crippen LogP contribution in [0.25, 0.3) is 11.8 Å². The van der Waals surface area contributed by atoms with Gasteiger partial charge in [0.05, 0.1) is 37.8 Å². The lowest BCUT2D eigenvalue weighted by atomic mass is 9.93. The molecule has 1 aliphatic heterocycles. The molecule has 1 aliphatic rings. The first kappa shape index (κ1) is 33.2. The monoisotopic (exact) mass is 791 g/mol. The molecule has 48 heavy (non-hydrogen) atoms. The molecule has 242 valence electrons. The van der Waals surface area contributed by atoms with Gasteiger partial charge in [-0.3, -0.25) is 19.5 Å². The summed E-state index contributed by atoms with van der Waals surface area (Å²) >= 11 is 8.21. The molecule has 1 atom stereocenters. The summed E-state index contributed by atoms with van der Waals surface area (Å²) in [4.78, 5) is 43.7. The number of nitro benzene ring substituents is 1. The van der Waals surface area contributed by atoms with Gasteiger partial charge in [-0.1, -0.05) is 69.7 Å². The van der Waals surface area contributed by atoms with E-state index in [1.165, 1.54) is 28.8 Å². The zero-order chi connectivity index (χ0) is 33.9.